The third-order valence-electron chi connectivity index (χ3n) is 3.63. The quantitative estimate of drug-likeness (QED) is 0.581. The van der Waals surface area contributed by atoms with Crippen LogP contribution in [0.3, 0.4) is 0 Å². The zero-order chi connectivity index (χ0) is 14.7. The number of nitrogens with one attached hydrogen (secondary N) is 1. The largest absolute Gasteiger partial charge is 0.506 e. The average Bonchev–Trinajstić information content (AvgIpc) is 2.45. The van der Waals surface area contributed by atoms with E-state index >= 15 is 0 Å². The molecular formula is C13H20BrCl2N3O3. The fourth-order valence-corrected chi connectivity index (χ4v) is 3.10. The van der Waals surface area contributed by atoms with E-state index in [2.05, 4.69) is 26.1 Å². The summed E-state index contributed by atoms with van der Waals surface area (Å²) >= 11 is 3.20. The Morgan fingerprint density at radius 2 is 2.00 bits per heavy atom. The van der Waals surface area contributed by atoms with Crippen LogP contribution in [-0.2, 0) is 0 Å². The summed E-state index contributed by atoms with van der Waals surface area (Å²) in [6.07, 6.45) is 0.793. The van der Waals surface area contributed by atoms with Crippen LogP contribution in [-0.4, -0.2) is 41.1 Å². The Kier molecular flexibility index (Phi) is 9.26. The maximum absolute atomic E-state index is 11.0. The van der Waals surface area contributed by atoms with Gasteiger partial charge < -0.3 is 10.4 Å². The van der Waals surface area contributed by atoms with Gasteiger partial charge in [0.2, 0.25) is 0 Å². The lowest BCUT2D eigenvalue weighted by Gasteiger charge is -2.35. The molecular weight excluding hydrogens is 397 g/mol. The molecule has 9 heteroatoms. The van der Waals surface area contributed by atoms with E-state index in [1.54, 1.807) is 0 Å². The highest BCUT2D eigenvalue weighted by Crippen LogP contribution is 2.39. The summed E-state index contributed by atoms with van der Waals surface area (Å²) in [5.41, 5.74) is 0.619. The fraction of sp³-hybridized carbons (Fsp3) is 0.538. The van der Waals surface area contributed by atoms with Gasteiger partial charge >= 0.3 is 0 Å². The number of halogens is 3. The van der Waals surface area contributed by atoms with Crippen molar-refractivity contribution in [2.75, 3.05) is 26.2 Å². The molecule has 0 amide bonds. The van der Waals surface area contributed by atoms with E-state index in [0.717, 1.165) is 32.6 Å². The lowest BCUT2D eigenvalue weighted by molar-refractivity contribution is -0.385. The number of rotatable bonds is 4. The molecule has 22 heavy (non-hydrogen) atoms. The molecule has 0 radical (unpaired) electrons. The maximum atomic E-state index is 11.0. The molecule has 1 aromatic carbocycles. The van der Waals surface area contributed by atoms with Crippen molar-refractivity contribution in [1.82, 2.24) is 10.2 Å². The summed E-state index contributed by atoms with van der Waals surface area (Å²) in [7, 11) is 0. The van der Waals surface area contributed by atoms with Gasteiger partial charge in [0.1, 0.15) is 5.75 Å². The summed E-state index contributed by atoms with van der Waals surface area (Å²) in [6, 6.07) is 2.81. The predicted molar refractivity (Wildman–Crippen MR) is 94.4 cm³/mol. The number of hydrogen-bond donors (Lipinski definition) is 2. The minimum absolute atomic E-state index is 0. The number of aromatic hydroxyl groups is 1. The van der Waals surface area contributed by atoms with Crippen molar-refractivity contribution >= 4 is 46.4 Å². The van der Waals surface area contributed by atoms with E-state index < -0.39 is 4.92 Å². The summed E-state index contributed by atoms with van der Waals surface area (Å²) in [5, 5.41) is 24.5. The molecule has 2 rings (SSSR count). The highest BCUT2D eigenvalue weighted by atomic mass is 79.9. The molecule has 1 aliphatic rings. The van der Waals surface area contributed by atoms with Gasteiger partial charge in [-0.15, -0.1) is 24.8 Å². The highest BCUT2D eigenvalue weighted by molar-refractivity contribution is 9.10. The van der Waals surface area contributed by atoms with Gasteiger partial charge in [-0.1, -0.05) is 6.92 Å². The minimum atomic E-state index is -0.432. The second-order valence-corrected chi connectivity index (χ2v) is 5.69. The molecule has 126 valence electrons. The SMILES string of the molecule is CC[C@@H](c1cc([N+](=O)[O-])cc(Br)c1O)N1CCNCC1.Cl.Cl. The predicted octanol–water partition coefficient (Wildman–Crippen LogP) is 3.26. The molecule has 0 spiro atoms. The third kappa shape index (κ3) is 4.70. The molecule has 6 nitrogen and oxygen atoms in total. The summed E-state index contributed by atoms with van der Waals surface area (Å²) in [6.45, 7) is 5.57. The topological polar surface area (TPSA) is 78.6 Å². The van der Waals surface area contributed by atoms with Gasteiger partial charge in [-0.2, -0.15) is 0 Å². The van der Waals surface area contributed by atoms with Crippen LogP contribution in [0.5, 0.6) is 5.75 Å². The fourth-order valence-electron chi connectivity index (χ4n) is 2.63. The molecule has 2 N–H and O–H groups in total. The van der Waals surface area contributed by atoms with E-state index in [-0.39, 0.29) is 42.3 Å². The second-order valence-electron chi connectivity index (χ2n) is 4.83. The lowest BCUT2D eigenvalue weighted by atomic mass is 10.00. The van der Waals surface area contributed by atoms with Crippen LogP contribution in [0.1, 0.15) is 24.9 Å². The first-order valence-corrected chi connectivity index (χ1v) is 7.45. The van der Waals surface area contributed by atoms with Crippen molar-refractivity contribution in [2.45, 2.75) is 19.4 Å². The molecule has 1 fully saturated rings. The first kappa shape index (κ1) is 21.4. The number of nitro benzene ring substituents is 1. The number of hydrogen-bond acceptors (Lipinski definition) is 5. The first-order valence-electron chi connectivity index (χ1n) is 6.66. The minimum Gasteiger partial charge on any atom is -0.506 e. The van der Waals surface area contributed by atoms with Crippen molar-refractivity contribution in [3.8, 4) is 5.75 Å². The Labute approximate surface area is 150 Å². The van der Waals surface area contributed by atoms with Crippen LogP contribution in [0, 0.1) is 10.1 Å². The zero-order valence-electron chi connectivity index (χ0n) is 12.1. The maximum Gasteiger partial charge on any atom is 0.271 e. The van der Waals surface area contributed by atoms with Gasteiger partial charge in [0.15, 0.2) is 0 Å². The van der Waals surface area contributed by atoms with Crippen LogP contribution in [0.4, 0.5) is 5.69 Å². The highest BCUT2D eigenvalue weighted by Gasteiger charge is 2.26. The van der Waals surface area contributed by atoms with Crippen LogP contribution in [0.2, 0.25) is 0 Å². The molecule has 1 atom stereocenters. The zero-order valence-corrected chi connectivity index (χ0v) is 15.3. The number of nitrogens with zero attached hydrogens (tertiary/aromatic N) is 2. The second kappa shape index (κ2) is 9.52. The Morgan fingerprint density at radius 1 is 1.41 bits per heavy atom. The normalized spacial score (nSPS) is 16.3. The Morgan fingerprint density at radius 3 is 2.50 bits per heavy atom. The number of piperazine rings is 1. The molecule has 0 aliphatic carbocycles. The van der Waals surface area contributed by atoms with Crippen molar-refractivity contribution < 1.29 is 10.0 Å². The van der Waals surface area contributed by atoms with E-state index in [9.17, 15) is 15.2 Å². The monoisotopic (exact) mass is 415 g/mol. The lowest BCUT2D eigenvalue weighted by Crippen LogP contribution is -2.45. The van der Waals surface area contributed by atoms with Crippen LogP contribution in [0.25, 0.3) is 0 Å². The number of phenolic OH excluding ortho intramolecular Hbond substituents is 1. The van der Waals surface area contributed by atoms with Gasteiger partial charge in [0.05, 0.1) is 9.40 Å². The van der Waals surface area contributed by atoms with Gasteiger partial charge in [-0.25, -0.2) is 0 Å². The van der Waals surface area contributed by atoms with E-state index in [1.807, 2.05) is 6.92 Å². The third-order valence-corrected chi connectivity index (χ3v) is 4.23. The summed E-state index contributed by atoms with van der Waals surface area (Å²) in [5.74, 6) is 0.0981. The molecule has 1 saturated heterocycles. The standard InChI is InChI=1S/C13H18BrN3O3.2ClH/c1-2-12(16-5-3-15-4-6-16)10-7-9(17(19)20)8-11(14)13(10)18;;/h7-8,12,15,18H,2-6H2,1H3;2*1H/t12-;;/m0../s1. The molecule has 1 aliphatic heterocycles. The number of benzene rings is 1. The molecule has 1 aromatic rings. The Balaban J connectivity index is 0.00000220. The number of phenols is 1. The van der Waals surface area contributed by atoms with Crippen molar-refractivity contribution in [3.63, 3.8) is 0 Å². The van der Waals surface area contributed by atoms with Crippen molar-refractivity contribution in [3.05, 3.63) is 32.3 Å². The van der Waals surface area contributed by atoms with Gasteiger partial charge in [-0.3, -0.25) is 15.0 Å². The van der Waals surface area contributed by atoms with E-state index in [0.29, 0.717) is 10.0 Å². The van der Waals surface area contributed by atoms with E-state index in [1.165, 1.54) is 12.1 Å². The summed E-state index contributed by atoms with van der Waals surface area (Å²) < 4.78 is 0.371. The average molecular weight is 417 g/mol. The van der Waals surface area contributed by atoms with Gasteiger partial charge in [0.25, 0.3) is 5.69 Å². The number of non-ortho nitro benzene ring substituents is 1. The van der Waals surface area contributed by atoms with E-state index in [4.69, 9.17) is 0 Å². The first-order chi connectivity index (χ1) is 9.54. The molecule has 1 heterocycles. The Bertz CT molecular complexity index is 514. The van der Waals surface area contributed by atoms with Crippen LogP contribution < -0.4 is 5.32 Å². The molecule has 0 bridgehead atoms. The van der Waals surface area contributed by atoms with Crippen LogP contribution in [0.15, 0.2) is 16.6 Å². The van der Waals surface area contributed by atoms with Crippen molar-refractivity contribution in [2.24, 2.45) is 0 Å². The van der Waals surface area contributed by atoms with Gasteiger partial charge in [0, 0.05) is 49.9 Å². The smallest absolute Gasteiger partial charge is 0.271 e. The number of nitro groups is 1. The van der Waals surface area contributed by atoms with Crippen LogP contribution >= 0.6 is 40.7 Å². The summed E-state index contributed by atoms with van der Waals surface area (Å²) in [4.78, 5) is 12.8. The van der Waals surface area contributed by atoms with Crippen molar-refractivity contribution in [1.29, 1.82) is 0 Å². The molecule has 0 unspecified atom stereocenters. The molecule has 0 saturated carbocycles. The van der Waals surface area contributed by atoms with Gasteiger partial charge in [-0.05, 0) is 22.4 Å². The molecule has 0 aromatic heterocycles. The Hall–Kier alpha value is -0.600.